The number of carboxylic acid groups (broad SMARTS) is 2. The molecule has 7 N–H and O–H groups in total. The van der Waals surface area contributed by atoms with Crippen LogP contribution in [0.4, 0.5) is 0 Å². The summed E-state index contributed by atoms with van der Waals surface area (Å²) >= 11 is 1.42. The minimum Gasteiger partial charge on any atom is -0.480 e. The Kier molecular flexibility index (Phi) is 13.3. The number of carboxylic acids is 2. The van der Waals surface area contributed by atoms with Gasteiger partial charge in [0.15, 0.2) is 0 Å². The number of carbonyl (C=O) groups is 4. The Morgan fingerprint density at radius 1 is 1.08 bits per heavy atom. The lowest BCUT2D eigenvalue weighted by molar-refractivity contribution is -0.139. The monoisotopic (exact) mass is 393 g/mol. The number of hydrogen-bond donors (Lipinski definition) is 6. The zero-order valence-electron chi connectivity index (χ0n) is 14.5. The molecule has 0 saturated carbocycles. The summed E-state index contributed by atoms with van der Waals surface area (Å²) in [7, 11) is 0. The highest BCUT2D eigenvalue weighted by molar-refractivity contribution is 7.99. The van der Waals surface area contributed by atoms with Gasteiger partial charge in [-0.15, -0.1) is 0 Å². The highest BCUT2D eigenvalue weighted by atomic mass is 32.2. The summed E-state index contributed by atoms with van der Waals surface area (Å²) in [5.74, 6) is -2.59. The van der Waals surface area contributed by atoms with E-state index in [4.69, 9.17) is 21.1 Å². The minimum atomic E-state index is -1.22. The van der Waals surface area contributed by atoms with Gasteiger partial charge in [0.25, 0.3) is 0 Å². The van der Waals surface area contributed by atoms with E-state index in [1.54, 1.807) is 0 Å². The summed E-state index contributed by atoms with van der Waals surface area (Å²) in [6.07, 6.45) is 2.16. The van der Waals surface area contributed by atoms with E-state index in [0.717, 1.165) is 18.6 Å². The summed E-state index contributed by atoms with van der Waals surface area (Å²) < 4.78 is 0. The van der Waals surface area contributed by atoms with Crippen LogP contribution in [0.3, 0.4) is 0 Å². The van der Waals surface area contributed by atoms with E-state index in [1.165, 1.54) is 11.8 Å². The molecule has 0 unspecified atom stereocenters. The van der Waals surface area contributed by atoms with E-state index in [2.05, 4.69) is 10.6 Å². The number of hydrogen-bond acceptors (Lipinski definition) is 7. The predicted octanol–water partition coefficient (Wildman–Crippen LogP) is -1.24. The normalized spacial score (nSPS) is 12.8. The van der Waals surface area contributed by atoms with Crippen LogP contribution < -0.4 is 16.4 Å². The highest BCUT2D eigenvalue weighted by Crippen LogP contribution is 2.09. The number of nitrogens with one attached hydrogen (secondary N) is 2. The van der Waals surface area contributed by atoms with Gasteiger partial charge in [0.2, 0.25) is 11.8 Å². The fourth-order valence-corrected chi connectivity index (χ4v) is 2.88. The topological polar surface area (TPSA) is 179 Å². The largest absolute Gasteiger partial charge is 0.480 e. The number of rotatable bonds is 15. The molecule has 0 heterocycles. The minimum absolute atomic E-state index is 0.0705. The third-order valence-corrected chi connectivity index (χ3v) is 4.44. The molecular weight excluding hydrogens is 366 g/mol. The van der Waals surface area contributed by atoms with Gasteiger partial charge < -0.3 is 31.7 Å². The molecule has 0 aliphatic heterocycles. The maximum atomic E-state index is 12.0. The summed E-state index contributed by atoms with van der Waals surface area (Å²) in [4.78, 5) is 45.1. The molecule has 0 aromatic rings. The van der Waals surface area contributed by atoms with Gasteiger partial charge in [-0.2, -0.15) is 11.8 Å². The Balaban J connectivity index is 4.46. The zero-order chi connectivity index (χ0) is 19.9. The molecular formula is C15H27N3O7S. The number of aliphatic hydroxyl groups excluding tert-OH is 1. The van der Waals surface area contributed by atoms with Crippen LogP contribution in [0.1, 0.15) is 32.1 Å². The van der Waals surface area contributed by atoms with E-state index in [-0.39, 0.29) is 25.2 Å². The first-order valence-corrected chi connectivity index (χ1v) is 9.39. The second-order valence-electron chi connectivity index (χ2n) is 5.57. The van der Waals surface area contributed by atoms with E-state index in [0.29, 0.717) is 6.42 Å². The van der Waals surface area contributed by atoms with Gasteiger partial charge in [-0.1, -0.05) is 6.42 Å². The first kappa shape index (κ1) is 24.1. The molecule has 0 radical (unpaired) electrons. The molecule has 0 aliphatic carbocycles. The van der Waals surface area contributed by atoms with Gasteiger partial charge in [0, 0.05) is 18.8 Å². The zero-order valence-corrected chi connectivity index (χ0v) is 15.3. The van der Waals surface area contributed by atoms with Crippen molar-refractivity contribution in [3.63, 3.8) is 0 Å². The lowest BCUT2D eigenvalue weighted by atomic mass is 10.1. The van der Waals surface area contributed by atoms with Crippen LogP contribution >= 0.6 is 11.8 Å². The fraction of sp³-hybridized carbons (Fsp3) is 0.733. The van der Waals surface area contributed by atoms with Gasteiger partial charge in [0.1, 0.15) is 18.6 Å². The fourth-order valence-electron chi connectivity index (χ4n) is 1.84. The number of nitrogens with two attached hydrogens (primary N) is 1. The van der Waals surface area contributed by atoms with Crippen molar-refractivity contribution in [3.8, 4) is 0 Å². The van der Waals surface area contributed by atoms with Gasteiger partial charge in [-0.25, -0.2) is 0 Å². The number of aliphatic hydroxyl groups is 1. The summed E-state index contributed by atoms with van der Waals surface area (Å²) in [6, 6.07) is -2.09. The van der Waals surface area contributed by atoms with Crippen LogP contribution in [-0.2, 0) is 19.2 Å². The van der Waals surface area contributed by atoms with E-state index in [9.17, 15) is 19.2 Å². The Morgan fingerprint density at radius 2 is 1.77 bits per heavy atom. The van der Waals surface area contributed by atoms with Crippen LogP contribution in [-0.4, -0.2) is 75.8 Å². The third kappa shape index (κ3) is 12.5. The quantitative estimate of drug-likeness (QED) is 0.186. The summed E-state index contributed by atoms with van der Waals surface area (Å²) in [5.41, 5.74) is 5.33. The second kappa shape index (κ2) is 14.3. The number of aliphatic carboxylic acids is 2. The Hall–Kier alpha value is -1.85. The van der Waals surface area contributed by atoms with Crippen LogP contribution in [0, 0.1) is 0 Å². The van der Waals surface area contributed by atoms with Gasteiger partial charge in [-0.05, 0) is 25.0 Å². The molecule has 0 rings (SSSR count). The van der Waals surface area contributed by atoms with Crippen molar-refractivity contribution >= 4 is 35.5 Å². The van der Waals surface area contributed by atoms with Gasteiger partial charge >= 0.3 is 11.9 Å². The summed E-state index contributed by atoms with van der Waals surface area (Å²) in [6.45, 7) is -0.435. The number of carbonyl (C=O) groups excluding carboxylic acids is 2. The van der Waals surface area contributed by atoms with Gasteiger partial charge in [0.05, 0.1) is 0 Å². The predicted molar refractivity (Wildman–Crippen MR) is 95.7 cm³/mol. The Morgan fingerprint density at radius 3 is 2.35 bits per heavy atom. The van der Waals surface area contributed by atoms with Crippen molar-refractivity contribution in [3.05, 3.63) is 0 Å². The smallest absolute Gasteiger partial charge is 0.322 e. The molecule has 0 aromatic carbocycles. The molecule has 0 fully saturated rings. The maximum absolute atomic E-state index is 12.0. The molecule has 150 valence electrons. The number of thioether (sulfide) groups is 1. The van der Waals surface area contributed by atoms with E-state index >= 15 is 0 Å². The van der Waals surface area contributed by atoms with Crippen molar-refractivity contribution in [1.29, 1.82) is 0 Å². The molecule has 0 spiro atoms. The van der Waals surface area contributed by atoms with Crippen molar-refractivity contribution in [2.24, 2.45) is 5.73 Å². The highest BCUT2D eigenvalue weighted by Gasteiger charge is 2.22. The van der Waals surface area contributed by atoms with Gasteiger partial charge in [-0.3, -0.25) is 19.2 Å². The molecule has 0 saturated heterocycles. The van der Waals surface area contributed by atoms with Crippen molar-refractivity contribution < 1.29 is 34.5 Å². The first-order valence-electron chi connectivity index (χ1n) is 8.23. The molecule has 2 atom stereocenters. The molecule has 11 heteroatoms. The van der Waals surface area contributed by atoms with E-state index in [1.807, 2.05) is 0 Å². The van der Waals surface area contributed by atoms with E-state index < -0.39 is 42.4 Å². The third-order valence-electron chi connectivity index (χ3n) is 3.30. The number of unbranched alkanes of at least 4 members (excludes halogenated alkanes) is 2. The van der Waals surface area contributed by atoms with Crippen LogP contribution in [0.25, 0.3) is 0 Å². The van der Waals surface area contributed by atoms with Crippen molar-refractivity contribution in [1.82, 2.24) is 10.6 Å². The van der Waals surface area contributed by atoms with Crippen molar-refractivity contribution in [2.45, 2.75) is 44.2 Å². The molecule has 10 nitrogen and oxygen atoms in total. The second-order valence-corrected chi connectivity index (χ2v) is 6.72. The Labute approximate surface area is 155 Å². The molecule has 0 bridgehead atoms. The lowest BCUT2D eigenvalue weighted by Gasteiger charge is -2.18. The molecule has 26 heavy (non-hydrogen) atoms. The first-order chi connectivity index (χ1) is 12.3. The average Bonchev–Trinajstić information content (AvgIpc) is 2.59. The molecule has 0 aromatic heterocycles. The summed E-state index contributed by atoms with van der Waals surface area (Å²) in [5, 5.41) is 30.7. The van der Waals surface area contributed by atoms with Crippen LogP contribution in [0.5, 0.6) is 0 Å². The number of amides is 2. The Bertz CT molecular complexity index is 476. The molecule has 2 amide bonds. The maximum Gasteiger partial charge on any atom is 0.322 e. The standard InChI is InChI=1S/C15H27N3O7S/c16-10(15(24)25)4-5-12(20)18-11(14(23)17-8-13(21)22)9-26-7-3-1-2-6-19/h10-11,19H,1-9,16H2,(H,17,23)(H,18,20)(H,21,22)(H,24,25)/t10-,11-/m0/s1. The molecule has 0 aliphatic rings. The lowest BCUT2D eigenvalue weighted by Crippen LogP contribution is -2.49. The van der Waals surface area contributed by atoms with Crippen LogP contribution in [0.15, 0.2) is 0 Å². The van der Waals surface area contributed by atoms with Crippen LogP contribution in [0.2, 0.25) is 0 Å². The SMILES string of the molecule is N[C@@H](CCC(=O)N[C@@H](CSCCCCCO)C(=O)NCC(=O)O)C(=O)O. The average molecular weight is 393 g/mol. The van der Waals surface area contributed by atoms with Crippen molar-refractivity contribution in [2.75, 3.05) is 24.7 Å².